The van der Waals surface area contributed by atoms with Crippen molar-refractivity contribution in [2.45, 2.75) is 109 Å². The molecule has 1 N–H and O–H groups in total. The molecule has 196 valence electrons. The molecule has 1 saturated carbocycles. The maximum absolute atomic E-state index is 12.4. The van der Waals surface area contributed by atoms with Crippen LogP contribution in [0.2, 0.25) is 0 Å². The van der Waals surface area contributed by atoms with Gasteiger partial charge in [0.15, 0.2) is 17.5 Å². The van der Waals surface area contributed by atoms with Gasteiger partial charge < -0.3 is 28.8 Å². The van der Waals surface area contributed by atoms with Crippen LogP contribution in [0, 0.1) is 23.7 Å². The summed E-state index contributed by atoms with van der Waals surface area (Å²) < 4.78 is 30.6. The minimum atomic E-state index is -1.46. The smallest absolute Gasteiger partial charge is 0.303 e. The topological polar surface area (TPSA) is 118 Å². The molecule has 0 aromatic rings. The quantitative estimate of drug-likeness (QED) is 0.357. The molecule has 3 saturated heterocycles. The van der Waals surface area contributed by atoms with E-state index in [4.69, 9.17) is 23.7 Å². The van der Waals surface area contributed by atoms with E-state index < -0.39 is 65.2 Å². The average Bonchev–Trinajstić information content (AvgIpc) is 3.24. The van der Waals surface area contributed by atoms with E-state index in [1.807, 2.05) is 20.8 Å². The van der Waals surface area contributed by atoms with Crippen molar-refractivity contribution in [1.82, 2.24) is 0 Å². The molecule has 35 heavy (non-hydrogen) atoms. The largest absolute Gasteiger partial charge is 0.458 e. The van der Waals surface area contributed by atoms with Gasteiger partial charge in [0, 0.05) is 44.9 Å². The minimum absolute atomic E-state index is 0.00974. The highest BCUT2D eigenvalue weighted by Gasteiger charge is 2.73. The van der Waals surface area contributed by atoms with Crippen LogP contribution in [0.25, 0.3) is 0 Å². The third-order valence-corrected chi connectivity index (χ3v) is 8.53. The molecule has 4 fully saturated rings. The molecule has 4 bridgehead atoms. The maximum atomic E-state index is 12.4. The lowest BCUT2D eigenvalue weighted by Gasteiger charge is -2.55. The highest BCUT2D eigenvalue weighted by Crippen LogP contribution is 2.62. The van der Waals surface area contributed by atoms with Crippen LogP contribution in [0.5, 0.6) is 0 Å². The van der Waals surface area contributed by atoms with Crippen molar-refractivity contribution in [3.8, 4) is 0 Å². The van der Waals surface area contributed by atoms with Crippen molar-refractivity contribution in [3.05, 3.63) is 12.2 Å². The number of hydrogen-bond donors (Lipinski definition) is 1. The van der Waals surface area contributed by atoms with E-state index in [-0.39, 0.29) is 24.2 Å². The molecule has 1 aliphatic carbocycles. The fraction of sp³-hybridized carbons (Fsp3) is 0.808. The summed E-state index contributed by atoms with van der Waals surface area (Å²) in [4.78, 5) is 37.0. The standard InChI is InChI=1S/C26H38O9/c1-12(2)18-19-20(17-11-13(3)26(30)10-9-24(7,35-26)22(19)33-17)25(8,34-16(6)29)23(32-15(5)28)21(18)31-14(4)27/h12,17-23,30H,3,9-11H2,1-2,4-8H3. The fourth-order valence-corrected chi connectivity index (χ4v) is 7.37. The van der Waals surface area contributed by atoms with Gasteiger partial charge in [-0.25, -0.2) is 0 Å². The third-order valence-electron chi connectivity index (χ3n) is 8.53. The van der Waals surface area contributed by atoms with Gasteiger partial charge in [0.05, 0.1) is 17.8 Å². The van der Waals surface area contributed by atoms with E-state index in [0.717, 1.165) is 0 Å². The molecular formula is C26H38O9. The summed E-state index contributed by atoms with van der Waals surface area (Å²) in [5.74, 6) is -4.12. The zero-order chi connectivity index (χ0) is 26.1. The Bertz CT molecular complexity index is 930. The molecule has 9 nitrogen and oxygen atoms in total. The van der Waals surface area contributed by atoms with Gasteiger partial charge in [-0.2, -0.15) is 0 Å². The van der Waals surface area contributed by atoms with Crippen molar-refractivity contribution in [2.75, 3.05) is 0 Å². The number of rotatable bonds is 4. The van der Waals surface area contributed by atoms with Crippen molar-refractivity contribution >= 4 is 17.9 Å². The minimum Gasteiger partial charge on any atom is -0.458 e. The summed E-state index contributed by atoms with van der Waals surface area (Å²) >= 11 is 0. The van der Waals surface area contributed by atoms with Crippen molar-refractivity contribution < 1.29 is 43.2 Å². The molecule has 3 aliphatic heterocycles. The molecule has 0 aromatic carbocycles. The second-order valence-corrected chi connectivity index (χ2v) is 11.4. The first-order valence-corrected chi connectivity index (χ1v) is 12.4. The predicted molar refractivity (Wildman–Crippen MR) is 123 cm³/mol. The SMILES string of the molecule is C=C1CC2OC(C3C(C(C)C)C(OC(C)=O)C(OC(C)=O)C(C)(OC(C)=O)C23)C2(C)CCC1(O)O2. The first-order valence-electron chi connectivity index (χ1n) is 12.4. The molecule has 0 radical (unpaired) electrons. The fourth-order valence-electron chi connectivity index (χ4n) is 7.37. The lowest BCUT2D eigenvalue weighted by molar-refractivity contribution is -0.253. The van der Waals surface area contributed by atoms with Gasteiger partial charge in [0.1, 0.15) is 6.10 Å². The summed E-state index contributed by atoms with van der Waals surface area (Å²) in [7, 11) is 0. The number of fused-ring (bicyclic) bond motifs is 8. The van der Waals surface area contributed by atoms with E-state index in [0.29, 0.717) is 18.4 Å². The van der Waals surface area contributed by atoms with Crippen LogP contribution in [-0.4, -0.2) is 64.4 Å². The third kappa shape index (κ3) is 4.09. The number of carbonyl (C=O) groups is 3. The van der Waals surface area contributed by atoms with Crippen molar-refractivity contribution in [2.24, 2.45) is 23.7 Å². The molecule has 0 spiro atoms. The van der Waals surface area contributed by atoms with Gasteiger partial charge in [-0.05, 0) is 38.2 Å². The van der Waals surface area contributed by atoms with Crippen molar-refractivity contribution in [3.63, 3.8) is 0 Å². The Hall–Kier alpha value is -1.97. The van der Waals surface area contributed by atoms with Gasteiger partial charge in [0.25, 0.3) is 0 Å². The number of hydrogen-bond acceptors (Lipinski definition) is 9. The first-order chi connectivity index (χ1) is 16.1. The first kappa shape index (κ1) is 26.1. The van der Waals surface area contributed by atoms with E-state index in [1.54, 1.807) is 6.92 Å². The Morgan fingerprint density at radius 1 is 1.06 bits per heavy atom. The molecule has 0 amide bonds. The van der Waals surface area contributed by atoms with Gasteiger partial charge >= 0.3 is 17.9 Å². The second-order valence-electron chi connectivity index (χ2n) is 11.4. The molecule has 4 aliphatic rings. The van der Waals surface area contributed by atoms with Gasteiger partial charge in [-0.1, -0.05) is 20.4 Å². The summed E-state index contributed by atoms with van der Waals surface area (Å²) in [6.07, 6.45) is -1.64. The van der Waals surface area contributed by atoms with E-state index in [9.17, 15) is 19.5 Å². The molecule has 10 unspecified atom stereocenters. The maximum Gasteiger partial charge on any atom is 0.303 e. The summed E-state index contributed by atoms with van der Waals surface area (Å²) in [6, 6.07) is 0. The lowest BCUT2D eigenvalue weighted by Crippen LogP contribution is -2.69. The zero-order valence-electron chi connectivity index (χ0n) is 21.7. The van der Waals surface area contributed by atoms with Crippen LogP contribution < -0.4 is 0 Å². The van der Waals surface area contributed by atoms with Crippen LogP contribution in [-0.2, 0) is 38.1 Å². The van der Waals surface area contributed by atoms with Crippen LogP contribution in [0.4, 0.5) is 0 Å². The van der Waals surface area contributed by atoms with Crippen LogP contribution in [0.1, 0.15) is 67.7 Å². The summed E-state index contributed by atoms with van der Waals surface area (Å²) in [5, 5.41) is 11.2. The normalized spacial score (nSPS) is 46.4. The van der Waals surface area contributed by atoms with Gasteiger partial charge in [0.2, 0.25) is 0 Å². The molecule has 10 atom stereocenters. The van der Waals surface area contributed by atoms with Gasteiger partial charge in [-0.15, -0.1) is 0 Å². The Kier molecular flexibility index (Phi) is 6.38. The van der Waals surface area contributed by atoms with E-state index in [2.05, 4.69) is 6.58 Å². The van der Waals surface area contributed by atoms with E-state index in [1.165, 1.54) is 20.8 Å². The lowest BCUT2D eigenvalue weighted by atomic mass is 9.55. The highest BCUT2D eigenvalue weighted by molar-refractivity contribution is 5.69. The Balaban J connectivity index is 1.94. The Morgan fingerprint density at radius 3 is 2.23 bits per heavy atom. The predicted octanol–water partition coefficient (Wildman–Crippen LogP) is 2.67. The van der Waals surface area contributed by atoms with Crippen LogP contribution in [0.3, 0.4) is 0 Å². The Labute approximate surface area is 206 Å². The monoisotopic (exact) mass is 494 g/mol. The Morgan fingerprint density at radius 2 is 1.69 bits per heavy atom. The second kappa shape index (κ2) is 8.56. The van der Waals surface area contributed by atoms with Crippen LogP contribution in [0.15, 0.2) is 12.2 Å². The molecule has 0 aromatic heterocycles. The number of carbonyl (C=O) groups excluding carboxylic acids is 3. The molecule has 9 heteroatoms. The molecular weight excluding hydrogens is 456 g/mol. The van der Waals surface area contributed by atoms with E-state index >= 15 is 0 Å². The highest BCUT2D eigenvalue weighted by atomic mass is 16.7. The molecule has 4 rings (SSSR count). The van der Waals surface area contributed by atoms with Crippen LogP contribution >= 0.6 is 0 Å². The molecule has 3 heterocycles. The number of ether oxygens (including phenoxy) is 5. The average molecular weight is 495 g/mol. The number of esters is 3. The zero-order valence-corrected chi connectivity index (χ0v) is 21.7. The number of aliphatic hydroxyl groups is 1. The summed E-state index contributed by atoms with van der Waals surface area (Å²) in [6.45, 7) is 15.7. The summed E-state index contributed by atoms with van der Waals surface area (Å²) in [5.41, 5.74) is -1.70. The van der Waals surface area contributed by atoms with Crippen molar-refractivity contribution in [1.29, 1.82) is 0 Å². The van der Waals surface area contributed by atoms with Gasteiger partial charge in [-0.3, -0.25) is 14.4 Å².